The molecule has 2 aliphatic rings. The number of hydrogen-bond donors (Lipinski definition) is 1. The topological polar surface area (TPSA) is 28.2 Å². The van der Waals surface area contributed by atoms with E-state index in [1.807, 2.05) is 6.20 Å². The highest BCUT2D eigenvalue weighted by Crippen LogP contribution is 2.39. The molecule has 0 aromatic carbocycles. The normalized spacial score (nSPS) is 21.5. The van der Waals surface area contributed by atoms with Crippen LogP contribution in [0.4, 0.5) is 5.69 Å². The molecule has 0 radical (unpaired) electrons. The second-order valence-electron chi connectivity index (χ2n) is 6.85. The van der Waals surface area contributed by atoms with E-state index in [4.69, 9.17) is 0 Å². The maximum absolute atomic E-state index is 4.37. The highest BCUT2D eigenvalue weighted by molar-refractivity contribution is 5.52. The average Bonchev–Trinajstić information content (AvgIpc) is 3.38. The van der Waals surface area contributed by atoms with Gasteiger partial charge >= 0.3 is 0 Å². The van der Waals surface area contributed by atoms with Crippen LogP contribution in [0.5, 0.6) is 0 Å². The van der Waals surface area contributed by atoms with E-state index in [0.717, 1.165) is 12.6 Å². The molecule has 2 fully saturated rings. The van der Waals surface area contributed by atoms with Crippen LogP contribution in [0.15, 0.2) is 18.5 Å². The SMILES string of the molecule is CCC1(CC)CCN(c2cnccc2CNC2CC2)CC1. The maximum atomic E-state index is 4.37. The quantitative estimate of drug-likeness (QED) is 0.864. The number of pyridine rings is 1. The van der Waals surface area contributed by atoms with E-state index in [1.54, 1.807) is 0 Å². The lowest BCUT2D eigenvalue weighted by Crippen LogP contribution is -2.40. The van der Waals surface area contributed by atoms with Crippen LogP contribution in [0.25, 0.3) is 0 Å². The summed E-state index contributed by atoms with van der Waals surface area (Å²) < 4.78 is 0. The molecule has 1 saturated carbocycles. The van der Waals surface area contributed by atoms with Crippen molar-refractivity contribution in [2.45, 2.75) is 65.0 Å². The van der Waals surface area contributed by atoms with Crippen LogP contribution in [-0.2, 0) is 6.54 Å². The van der Waals surface area contributed by atoms with Crippen LogP contribution in [0.2, 0.25) is 0 Å². The second-order valence-corrected chi connectivity index (χ2v) is 6.85. The highest BCUT2D eigenvalue weighted by Gasteiger charge is 2.32. The largest absolute Gasteiger partial charge is 0.370 e. The fourth-order valence-corrected chi connectivity index (χ4v) is 3.57. The predicted molar refractivity (Wildman–Crippen MR) is 88.6 cm³/mol. The number of rotatable bonds is 6. The van der Waals surface area contributed by atoms with Gasteiger partial charge in [-0.2, -0.15) is 0 Å². The van der Waals surface area contributed by atoms with Crippen molar-refractivity contribution in [3.8, 4) is 0 Å². The number of hydrogen-bond acceptors (Lipinski definition) is 3. The third-order valence-electron chi connectivity index (χ3n) is 5.71. The molecule has 0 spiro atoms. The Morgan fingerprint density at radius 2 is 1.95 bits per heavy atom. The summed E-state index contributed by atoms with van der Waals surface area (Å²) in [4.78, 5) is 6.93. The van der Waals surface area contributed by atoms with E-state index < -0.39 is 0 Å². The minimum Gasteiger partial charge on any atom is -0.370 e. The molecule has 1 saturated heterocycles. The minimum absolute atomic E-state index is 0.588. The zero-order valence-corrected chi connectivity index (χ0v) is 13.6. The molecular weight excluding hydrogens is 258 g/mol. The van der Waals surface area contributed by atoms with Crippen molar-refractivity contribution in [1.82, 2.24) is 10.3 Å². The van der Waals surface area contributed by atoms with Crippen molar-refractivity contribution in [1.29, 1.82) is 0 Å². The van der Waals surface area contributed by atoms with Crippen molar-refractivity contribution in [3.63, 3.8) is 0 Å². The first-order chi connectivity index (χ1) is 10.3. The average molecular weight is 287 g/mol. The lowest BCUT2D eigenvalue weighted by atomic mass is 9.74. The van der Waals surface area contributed by atoms with Gasteiger partial charge in [0.1, 0.15) is 0 Å². The number of anilines is 1. The summed E-state index contributed by atoms with van der Waals surface area (Å²) in [5, 5.41) is 3.64. The zero-order valence-electron chi connectivity index (χ0n) is 13.6. The van der Waals surface area contributed by atoms with Gasteiger partial charge in [0.2, 0.25) is 0 Å². The summed E-state index contributed by atoms with van der Waals surface area (Å²) in [5.74, 6) is 0. The number of nitrogens with zero attached hydrogens (tertiary/aromatic N) is 2. The van der Waals surface area contributed by atoms with Crippen molar-refractivity contribution in [3.05, 3.63) is 24.0 Å². The van der Waals surface area contributed by atoms with Gasteiger partial charge in [-0.15, -0.1) is 0 Å². The predicted octanol–water partition coefficient (Wildman–Crippen LogP) is 3.74. The summed E-state index contributed by atoms with van der Waals surface area (Å²) in [7, 11) is 0. The number of piperidine rings is 1. The van der Waals surface area contributed by atoms with Gasteiger partial charge in [-0.25, -0.2) is 0 Å². The molecule has 2 heterocycles. The molecule has 0 unspecified atom stereocenters. The van der Waals surface area contributed by atoms with E-state index in [0.29, 0.717) is 5.41 Å². The van der Waals surface area contributed by atoms with Gasteiger partial charge in [0.15, 0.2) is 0 Å². The van der Waals surface area contributed by atoms with Crippen molar-refractivity contribution < 1.29 is 0 Å². The summed E-state index contributed by atoms with van der Waals surface area (Å²) in [6, 6.07) is 2.95. The van der Waals surface area contributed by atoms with Crippen LogP contribution in [0.3, 0.4) is 0 Å². The van der Waals surface area contributed by atoms with Gasteiger partial charge in [0, 0.05) is 31.9 Å². The first kappa shape index (κ1) is 14.8. The third-order valence-corrected chi connectivity index (χ3v) is 5.71. The van der Waals surface area contributed by atoms with Gasteiger partial charge in [-0.1, -0.05) is 26.7 Å². The molecule has 0 amide bonds. The third kappa shape index (κ3) is 3.39. The Morgan fingerprint density at radius 1 is 1.24 bits per heavy atom. The molecular formula is C18H29N3. The van der Waals surface area contributed by atoms with Crippen LogP contribution in [0.1, 0.15) is 57.9 Å². The van der Waals surface area contributed by atoms with E-state index >= 15 is 0 Å². The van der Waals surface area contributed by atoms with Crippen LogP contribution >= 0.6 is 0 Å². The molecule has 0 bridgehead atoms. The van der Waals surface area contributed by atoms with Gasteiger partial charge in [0.05, 0.1) is 11.9 Å². The van der Waals surface area contributed by atoms with Crippen LogP contribution < -0.4 is 10.2 Å². The molecule has 1 aromatic rings. The van der Waals surface area contributed by atoms with Crippen LogP contribution in [-0.4, -0.2) is 24.1 Å². The molecule has 0 atom stereocenters. The van der Waals surface area contributed by atoms with Gasteiger partial charge in [-0.3, -0.25) is 4.98 Å². The number of nitrogens with one attached hydrogen (secondary N) is 1. The molecule has 3 heteroatoms. The Bertz CT molecular complexity index is 453. The first-order valence-corrected chi connectivity index (χ1v) is 8.67. The van der Waals surface area contributed by atoms with E-state index in [9.17, 15) is 0 Å². The molecule has 3 rings (SSSR count). The van der Waals surface area contributed by atoms with Gasteiger partial charge < -0.3 is 10.2 Å². The lowest BCUT2D eigenvalue weighted by molar-refractivity contribution is 0.199. The molecule has 1 aliphatic carbocycles. The molecule has 1 aliphatic heterocycles. The Morgan fingerprint density at radius 3 is 2.57 bits per heavy atom. The maximum Gasteiger partial charge on any atom is 0.0598 e. The fourth-order valence-electron chi connectivity index (χ4n) is 3.57. The Hall–Kier alpha value is -1.09. The number of aromatic nitrogens is 1. The molecule has 1 N–H and O–H groups in total. The highest BCUT2D eigenvalue weighted by atomic mass is 15.1. The Labute approximate surface area is 129 Å². The van der Waals surface area contributed by atoms with Gasteiger partial charge in [-0.05, 0) is 42.7 Å². The Kier molecular flexibility index (Phi) is 4.48. The second kappa shape index (κ2) is 6.35. The van der Waals surface area contributed by atoms with E-state index in [1.165, 1.54) is 62.9 Å². The monoisotopic (exact) mass is 287 g/mol. The summed E-state index contributed by atoms with van der Waals surface area (Å²) in [6.07, 6.45) is 12.0. The van der Waals surface area contributed by atoms with Crippen molar-refractivity contribution in [2.24, 2.45) is 5.41 Å². The lowest BCUT2D eigenvalue weighted by Gasteiger charge is -2.42. The smallest absolute Gasteiger partial charge is 0.0598 e. The zero-order chi connectivity index (χ0) is 14.7. The fraction of sp³-hybridized carbons (Fsp3) is 0.722. The van der Waals surface area contributed by atoms with Gasteiger partial charge in [0.25, 0.3) is 0 Å². The van der Waals surface area contributed by atoms with E-state index in [2.05, 4.69) is 41.3 Å². The van der Waals surface area contributed by atoms with Crippen molar-refractivity contribution >= 4 is 5.69 Å². The summed E-state index contributed by atoms with van der Waals surface area (Å²) >= 11 is 0. The standard InChI is InChI=1S/C18H29N3/c1-3-18(4-2)8-11-21(12-9-18)17-14-19-10-7-15(17)13-20-16-5-6-16/h7,10,14,16,20H,3-6,8-9,11-13H2,1-2H3. The summed E-state index contributed by atoms with van der Waals surface area (Å²) in [5.41, 5.74) is 3.36. The summed E-state index contributed by atoms with van der Waals surface area (Å²) in [6.45, 7) is 8.07. The molecule has 116 valence electrons. The van der Waals surface area contributed by atoms with E-state index in [-0.39, 0.29) is 0 Å². The van der Waals surface area contributed by atoms with Crippen molar-refractivity contribution in [2.75, 3.05) is 18.0 Å². The molecule has 21 heavy (non-hydrogen) atoms. The van der Waals surface area contributed by atoms with Crippen LogP contribution in [0, 0.1) is 5.41 Å². The molecule has 1 aromatic heterocycles. The minimum atomic E-state index is 0.588. The molecule has 3 nitrogen and oxygen atoms in total. The first-order valence-electron chi connectivity index (χ1n) is 8.67. The Balaban J connectivity index is 1.66.